The lowest BCUT2D eigenvalue weighted by molar-refractivity contribution is -0.867. The lowest BCUT2D eigenvalue weighted by atomic mass is 9.71. The molecule has 0 amide bonds. The van der Waals surface area contributed by atoms with Crippen molar-refractivity contribution < 1.29 is 37.0 Å². The van der Waals surface area contributed by atoms with Gasteiger partial charge < -0.3 is 9.47 Å². The van der Waals surface area contributed by atoms with Crippen molar-refractivity contribution >= 4 is 6.47 Å². The maximum atomic E-state index is 13.0. The van der Waals surface area contributed by atoms with E-state index in [0.29, 0.717) is 23.5 Å². The van der Waals surface area contributed by atoms with Crippen molar-refractivity contribution in [3.8, 4) is 22.6 Å². The second-order valence-electron chi connectivity index (χ2n) is 10.3. The Balaban J connectivity index is 1.56. The zero-order valence-electron chi connectivity index (χ0n) is 22.9. The molecule has 0 aliphatic heterocycles. The van der Waals surface area contributed by atoms with Crippen LogP contribution in [0.5, 0.6) is 11.5 Å². The summed E-state index contributed by atoms with van der Waals surface area (Å²) in [6.07, 6.45) is 3.38. The Kier molecular flexibility index (Phi) is 8.01. The Morgan fingerprint density at radius 1 is 0.756 bits per heavy atom. The molecule has 212 valence electrons. The van der Waals surface area contributed by atoms with E-state index in [1.807, 2.05) is 54.6 Å². The van der Waals surface area contributed by atoms with Gasteiger partial charge in [0.2, 0.25) is 12.4 Å². The average Bonchev–Trinajstić information content (AvgIpc) is 3.50. The highest BCUT2D eigenvalue weighted by Gasteiger charge is 2.34. The van der Waals surface area contributed by atoms with Gasteiger partial charge >= 0.3 is 12.6 Å². The zero-order chi connectivity index (χ0) is 29.0. The third kappa shape index (κ3) is 5.92. The molecule has 1 fully saturated rings. The number of hydrogen-bond donors (Lipinski definition) is 0. The van der Waals surface area contributed by atoms with E-state index < -0.39 is 17.2 Å². The molecule has 1 aromatic heterocycles. The van der Waals surface area contributed by atoms with Crippen molar-refractivity contribution in [1.82, 2.24) is 0 Å². The van der Waals surface area contributed by atoms with Gasteiger partial charge in [-0.1, -0.05) is 42.5 Å². The van der Waals surface area contributed by atoms with Crippen LogP contribution in [0, 0.1) is 0 Å². The van der Waals surface area contributed by atoms with Crippen molar-refractivity contribution in [1.29, 1.82) is 0 Å². The number of alkyl halides is 3. The molecule has 5 nitrogen and oxygen atoms in total. The maximum absolute atomic E-state index is 13.0. The smallest absolute Gasteiger partial charge is 0.416 e. The molecule has 0 N–H and O–H groups in total. The zero-order valence-corrected chi connectivity index (χ0v) is 22.9. The molecule has 0 saturated heterocycles. The summed E-state index contributed by atoms with van der Waals surface area (Å²) in [6, 6.07) is 22.6. The van der Waals surface area contributed by atoms with Crippen molar-refractivity contribution in [3.63, 3.8) is 0 Å². The molecule has 0 spiro atoms. The number of methoxy groups -OCH3 is 1. The van der Waals surface area contributed by atoms with Crippen LogP contribution >= 0.6 is 0 Å². The van der Waals surface area contributed by atoms with Gasteiger partial charge in [0.15, 0.2) is 11.5 Å². The standard InChI is InChI=1S/C33H31F3NO4/c1-32(26-17-19-37(20-18-26)40-22-38,28-15-16-30(39-2)31(21-28)41-29-5-3-4-6-29)25-11-7-23(8-12-25)24-9-13-27(14-10-24)33(34,35)36/h7-22,29H,3-6H2,1-2H3/q+1. The molecule has 0 bridgehead atoms. The number of pyridine rings is 1. The molecule has 3 aromatic carbocycles. The van der Waals surface area contributed by atoms with Gasteiger partial charge in [-0.3, -0.25) is 0 Å². The van der Waals surface area contributed by atoms with E-state index in [9.17, 15) is 18.0 Å². The van der Waals surface area contributed by atoms with E-state index in [0.717, 1.165) is 60.1 Å². The average molecular weight is 563 g/mol. The number of rotatable bonds is 9. The summed E-state index contributed by atoms with van der Waals surface area (Å²) in [5.41, 5.74) is 2.99. The third-order valence-corrected chi connectivity index (χ3v) is 7.89. The normalized spacial score (nSPS) is 15.2. The first-order valence-corrected chi connectivity index (χ1v) is 13.5. The number of carbonyl (C=O) groups excluding carboxylic acids is 1. The fourth-order valence-corrected chi connectivity index (χ4v) is 5.48. The molecule has 1 heterocycles. The fraction of sp³-hybridized carbons (Fsp3) is 0.273. The SMILES string of the molecule is COc1ccc(C(C)(c2ccc(-c3ccc(C(F)(F)F)cc3)cc2)c2cc[n+](OC=O)cc2)cc1OC1CCCC1. The van der Waals surface area contributed by atoms with Crippen LogP contribution in [-0.2, 0) is 16.4 Å². The molecule has 5 rings (SSSR count). The van der Waals surface area contributed by atoms with Gasteiger partial charge in [-0.2, -0.15) is 18.0 Å². The van der Waals surface area contributed by atoms with E-state index in [1.54, 1.807) is 19.5 Å². The number of nitrogens with zero attached hydrogens (tertiary/aromatic N) is 1. The van der Waals surface area contributed by atoms with E-state index in [-0.39, 0.29) is 6.10 Å². The first-order chi connectivity index (χ1) is 19.7. The van der Waals surface area contributed by atoms with Crippen LogP contribution < -0.4 is 19.0 Å². The van der Waals surface area contributed by atoms with Gasteiger partial charge in [0.05, 0.1) is 18.8 Å². The predicted octanol–water partition coefficient (Wildman–Crippen LogP) is 6.93. The molecule has 1 saturated carbocycles. The molecule has 8 heteroatoms. The number of carbonyl (C=O) groups is 1. The van der Waals surface area contributed by atoms with Gasteiger partial charge in [-0.15, -0.1) is 0 Å². The summed E-state index contributed by atoms with van der Waals surface area (Å²) < 4.78 is 52.5. The number of halogens is 3. The minimum absolute atomic E-state index is 0.143. The summed E-state index contributed by atoms with van der Waals surface area (Å²) in [5.74, 6) is 1.34. The summed E-state index contributed by atoms with van der Waals surface area (Å²) in [7, 11) is 1.62. The summed E-state index contributed by atoms with van der Waals surface area (Å²) in [6.45, 7) is 2.45. The first kappa shape index (κ1) is 28.2. The second kappa shape index (κ2) is 11.6. The van der Waals surface area contributed by atoms with Crippen molar-refractivity contribution in [2.24, 2.45) is 0 Å². The lowest BCUT2D eigenvalue weighted by Gasteiger charge is -2.32. The highest BCUT2D eigenvalue weighted by Crippen LogP contribution is 2.43. The topological polar surface area (TPSA) is 48.6 Å². The monoisotopic (exact) mass is 562 g/mol. The third-order valence-electron chi connectivity index (χ3n) is 7.89. The second-order valence-corrected chi connectivity index (χ2v) is 10.3. The van der Waals surface area contributed by atoms with Crippen molar-refractivity contribution in [2.45, 2.75) is 50.3 Å². The van der Waals surface area contributed by atoms with Gasteiger partial charge in [0.25, 0.3) is 0 Å². The molecule has 4 aromatic rings. The van der Waals surface area contributed by atoms with Crippen molar-refractivity contribution in [3.05, 3.63) is 114 Å². The predicted molar refractivity (Wildman–Crippen MR) is 148 cm³/mol. The Morgan fingerprint density at radius 3 is 1.83 bits per heavy atom. The minimum Gasteiger partial charge on any atom is -0.493 e. The van der Waals surface area contributed by atoms with Gasteiger partial charge in [0, 0.05) is 22.3 Å². The van der Waals surface area contributed by atoms with Crippen LogP contribution in [0.25, 0.3) is 11.1 Å². The van der Waals surface area contributed by atoms with Crippen LogP contribution in [0.1, 0.15) is 54.9 Å². The first-order valence-electron chi connectivity index (χ1n) is 13.5. The number of benzene rings is 3. The van der Waals surface area contributed by atoms with Crippen LogP contribution in [-0.4, -0.2) is 19.7 Å². The lowest BCUT2D eigenvalue weighted by Crippen LogP contribution is -2.41. The Hall–Kier alpha value is -4.33. The molecule has 1 atom stereocenters. The van der Waals surface area contributed by atoms with E-state index in [1.165, 1.54) is 16.9 Å². The molecule has 1 aliphatic carbocycles. The molecule has 1 unspecified atom stereocenters. The van der Waals surface area contributed by atoms with Gasteiger partial charge in [0.1, 0.15) is 0 Å². The van der Waals surface area contributed by atoms with E-state index >= 15 is 0 Å². The molecule has 41 heavy (non-hydrogen) atoms. The van der Waals surface area contributed by atoms with Crippen molar-refractivity contribution in [2.75, 3.05) is 7.11 Å². The van der Waals surface area contributed by atoms with Gasteiger partial charge in [-0.05, 0) is 84.7 Å². The van der Waals surface area contributed by atoms with Gasteiger partial charge in [-0.25, -0.2) is 4.79 Å². The highest BCUT2D eigenvalue weighted by molar-refractivity contribution is 5.65. The maximum Gasteiger partial charge on any atom is 0.416 e. The Labute approximate surface area is 237 Å². The quantitative estimate of drug-likeness (QED) is 0.164. The van der Waals surface area contributed by atoms with E-state index in [2.05, 4.69) is 6.92 Å². The molecular formula is C33H31F3NO4+. The van der Waals surface area contributed by atoms with Crippen LogP contribution in [0.2, 0.25) is 0 Å². The highest BCUT2D eigenvalue weighted by atomic mass is 19.4. The minimum atomic E-state index is -4.38. The summed E-state index contributed by atoms with van der Waals surface area (Å²) in [4.78, 5) is 15.8. The van der Waals surface area contributed by atoms with Crippen LogP contribution in [0.3, 0.4) is 0 Å². The summed E-state index contributed by atoms with van der Waals surface area (Å²) >= 11 is 0. The molecular weight excluding hydrogens is 531 g/mol. The number of ether oxygens (including phenoxy) is 2. The Morgan fingerprint density at radius 2 is 1.29 bits per heavy atom. The number of hydrogen-bond acceptors (Lipinski definition) is 4. The summed E-state index contributed by atoms with van der Waals surface area (Å²) in [5, 5.41) is 0. The molecule has 1 aliphatic rings. The fourth-order valence-electron chi connectivity index (χ4n) is 5.48. The largest absolute Gasteiger partial charge is 0.493 e. The van der Waals surface area contributed by atoms with Crippen LogP contribution in [0.4, 0.5) is 13.2 Å². The molecule has 0 radical (unpaired) electrons. The van der Waals surface area contributed by atoms with E-state index in [4.69, 9.17) is 14.3 Å². The number of aromatic nitrogens is 1. The Bertz CT molecular complexity index is 1480. The van der Waals surface area contributed by atoms with Crippen LogP contribution in [0.15, 0.2) is 91.3 Å².